The molecule has 128 valence electrons. The normalized spacial score (nSPS) is 11.8. The van der Waals surface area contributed by atoms with E-state index in [1.54, 1.807) is 12.3 Å². The van der Waals surface area contributed by atoms with E-state index in [4.69, 9.17) is 4.74 Å². The van der Waals surface area contributed by atoms with Gasteiger partial charge in [0.05, 0.1) is 5.69 Å². The lowest BCUT2D eigenvalue weighted by Gasteiger charge is -2.14. The molecule has 0 fully saturated rings. The SMILES string of the molecule is Cc1csc(=O)n1CC(=O)O[C@H](C)C(=O)Nc1ccc(F)cc1F. The van der Waals surface area contributed by atoms with Crippen LogP contribution >= 0.6 is 11.3 Å². The second-order valence-corrected chi connectivity index (χ2v) is 5.80. The molecule has 2 aromatic rings. The molecule has 1 aromatic heterocycles. The molecule has 6 nitrogen and oxygen atoms in total. The Balaban J connectivity index is 1.96. The van der Waals surface area contributed by atoms with Crippen molar-refractivity contribution in [3.05, 3.63) is 50.6 Å². The zero-order valence-electron chi connectivity index (χ0n) is 12.8. The van der Waals surface area contributed by atoms with E-state index in [1.807, 2.05) is 0 Å². The predicted molar refractivity (Wildman–Crippen MR) is 83.9 cm³/mol. The van der Waals surface area contributed by atoms with Gasteiger partial charge in [-0.3, -0.25) is 19.0 Å². The lowest BCUT2D eigenvalue weighted by molar-refractivity contribution is -0.153. The van der Waals surface area contributed by atoms with Crippen molar-refractivity contribution in [3.63, 3.8) is 0 Å². The summed E-state index contributed by atoms with van der Waals surface area (Å²) in [6, 6.07) is 2.67. The van der Waals surface area contributed by atoms with Crippen LogP contribution in [0.15, 0.2) is 28.4 Å². The largest absolute Gasteiger partial charge is 0.451 e. The number of anilines is 1. The Bertz CT molecular complexity index is 831. The third-order valence-corrected chi connectivity index (χ3v) is 4.01. The van der Waals surface area contributed by atoms with E-state index >= 15 is 0 Å². The summed E-state index contributed by atoms with van der Waals surface area (Å²) < 4.78 is 32.4. The Labute approximate surface area is 139 Å². The first-order chi connectivity index (χ1) is 11.3. The van der Waals surface area contributed by atoms with Crippen molar-refractivity contribution >= 4 is 28.9 Å². The number of nitrogens with one attached hydrogen (secondary N) is 1. The summed E-state index contributed by atoms with van der Waals surface area (Å²) in [5.41, 5.74) is 0.377. The Morgan fingerprint density at radius 3 is 2.67 bits per heavy atom. The van der Waals surface area contributed by atoms with Gasteiger partial charge in [0.15, 0.2) is 6.10 Å². The van der Waals surface area contributed by atoms with Crippen LogP contribution in [0.4, 0.5) is 14.5 Å². The molecule has 0 saturated carbocycles. The first-order valence-electron chi connectivity index (χ1n) is 6.88. The molecular weight excluding hydrogens is 342 g/mol. The number of rotatable bonds is 5. The predicted octanol–water partition coefficient (Wildman–Crippen LogP) is 2.07. The van der Waals surface area contributed by atoms with E-state index in [0.29, 0.717) is 11.8 Å². The van der Waals surface area contributed by atoms with Crippen LogP contribution in [-0.2, 0) is 20.9 Å². The highest BCUT2D eigenvalue weighted by Crippen LogP contribution is 2.15. The smallest absolute Gasteiger partial charge is 0.326 e. The van der Waals surface area contributed by atoms with Crippen LogP contribution in [0.25, 0.3) is 0 Å². The Hall–Kier alpha value is -2.55. The zero-order chi connectivity index (χ0) is 17.9. The molecule has 2 rings (SSSR count). The van der Waals surface area contributed by atoms with Crippen LogP contribution < -0.4 is 10.2 Å². The fourth-order valence-electron chi connectivity index (χ4n) is 1.84. The fraction of sp³-hybridized carbons (Fsp3) is 0.267. The van der Waals surface area contributed by atoms with Gasteiger partial charge in [0, 0.05) is 17.1 Å². The van der Waals surface area contributed by atoms with Crippen molar-refractivity contribution in [2.45, 2.75) is 26.5 Å². The van der Waals surface area contributed by atoms with E-state index in [0.717, 1.165) is 23.5 Å². The van der Waals surface area contributed by atoms with Gasteiger partial charge in [-0.15, -0.1) is 0 Å². The van der Waals surface area contributed by atoms with Crippen molar-refractivity contribution in [2.75, 3.05) is 5.32 Å². The van der Waals surface area contributed by atoms with Crippen LogP contribution in [0.5, 0.6) is 0 Å². The first kappa shape index (κ1) is 17.8. The van der Waals surface area contributed by atoms with Gasteiger partial charge in [-0.25, -0.2) is 8.78 Å². The summed E-state index contributed by atoms with van der Waals surface area (Å²) >= 11 is 0.951. The van der Waals surface area contributed by atoms with Crippen LogP contribution in [0.1, 0.15) is 12.6 Å². The van der Waals surface area contributed by atoms with Crippen LogP contribution in [0, 0.1) is 18.6 Å². The maximum absolute atomic E-state index is 13.5. The maximum Gasteiger partial charge on any atom is 0.326 e. The Kier molecular flexibility index (Phi) is 5.45. The molecule has 24 heavy (non-hydrogen) atoms. The molecule has 0 radical (unpaired) electrons. The molecule has 0 spiro atoms. The van der Waals surface area contributed by atoms with Gasteiger partial charge < -0.3 is 10.1 Å². The summed E-state index contributed by atoms with van der Waals surface area (Å²) in [6.07, 6.45) is -1.21. The van der Waals surface area contributed by atoms with E-state index in [2.05, 4.69) is 5.32 Å². The monoisotopic (exact) mass is 356 g/mol. The first-order valence-corrected chi connectivity index (χ1v) is 7.76. The molecule has 1 atom stereocenters. The van der Waals surface area contributed by atoms with Crippen molar-refractivity contribution in [1.82, 2.24) is 4.57 Å². The van der Waals surface area contributed by atoms with Gasteiger partial charge in [-0.05, 0) is 26.0 Å². The summed E-state index contributed by atoms with van der Waals surface area (Å²) in [4.78, 5) is 34.9. The van der Waals surface area contributed by atoms with Crippen LogP contribution in [-0.4, -0.2) is 22.5 Å². The Morgan fingerprint density at radius 1 is 1.38 bits per heavy atom. The number of aryl methyl sites for hydroxylation is 1. The lowest BCUT2D eigenvalue weighted by atomic mass is 10.2. The van der Waals surface area contributed by atoms with Crippen molar-refractivity contribution in [2.24, 2.45) is 0 Å². The maximum atomic E-state index is 13.5. The minimum atomic E-state index is -1.21. The number of nitrogens with zero attached hydrogens (tertiary/aromatic N) is 1. The topological polar surface area (TPSA) is 77.4 Å². The molecule has 1 amide bonds. The number of carbonyl (C=O) groups excluding carboxylic acids is 2. The molecule has 0 saturated heterocycles. The van der Waals surface area contributed by atoms with Gasteiger partial charge in [0.2, 0.25) is 0 Å². The fourth-order valence-corrected chi connectivity index (χ4v) is 2.57. The van der Waals surface area contributed by atoms with E-state index in [-0.39, 0.29) is 17.1 Å². The zero-order valence-corrected chi connectivity index (χ0v) is 13.7. The number of benzene rings is 1. The molecule has 0 aliphatic heterocycles. The van der Waals surface area contributed by atoms with E-state index in [1.165, 1.54) is 11.5 Å². The number of hydrogen-bond donors (Lipinski definition) is 1. The summed E-state index contributed by atoms with van der Waals surface area (Å²) in [7, 11) is 0. The second-order valence-electron chi connectivity index (χ2n) is 4.97. The van der Waals surface area contributed by atoms with Crippen LogP contribution in [0.3, 0.4) is 0 Å². The third kappa shape index (κ3) is 4.25. The van der Waals surface area contributed by atoms with Crippen LogP contribution in [0.2, 0.25) is 0 Å². The molecule has 1 heterocycles. The van der Waals surface area contributed by atoms with Gasteiger partial charge >= 0.3 is 10.8 Å². The average Bonchev–Trinajstić information content (AvgIpc) is 2.81. The molecule has 0 bridgehead atoms. The number of esters is 1. The lowest BCUT2D eigenvalue weighted by Crippen LogP contribution is -2.32. The number of thiazole rings is 1. The molecular formula is C15H14F2N2O4S. The average molecular weight is 356 g/mol. The van der Waals surface area contributed by atoms with Gasteiger partial charge in [0.1, 0.15) is 18.2 Å². The molecule has 0 aliphatic rings. The van der Waals surface area contributed by atoms with Crippen molar-refractivity contribution in [1.29, 1.82) is 0 Å². The molecule has 9 heteroatoms. The number of carbonyl (C=O) groups is 2. The van der Waals surface area contributed by atoms with Crippen molar-refractivity contribution in [3.8, 4) is 0 Å². The highest BCUT2D eigenvalue weighted by atomic mass is 32.1. The number of ether oxygens (including phenoxy) is 1. The quantitative estimate of drug-likeness (QED) is 0.832. The number of amides is 1. The van der Waals surface area contributed by atoms with E-state index in [9.17, 15) is 23.2 Å². The molecule has 0 aliphatic carbocycles. The highest BCUT2D eigenvalue weighted by molar-refractivity contribution is 7.07. The summed E-state index contributed by atoms with van der Waals surface area (Å²) in [6.45, 7) is 2.65. The molecule has 1 aromatic carbocycles. The third-order valence-electron chi connectivity index (χ3n) is 3.13. The second kappa shape index (κ2) is 7.35. The Morgan fingerprint density at radius 2 is 2.08 bits per heavy atom. The number of aromatic nitrogens is 1. The minimum Gasteiger partial charge on any atom is -0.451 e. The molecule has 1 N–H and O–H groups in total. The molecule has 0 unspecified atom stereocenters. The van der Waals surface area contributed by atoms with Crippen molar-refractivity contribution < 1.29 is 23.1 Å². The van der Waals surface area contributed by atoms with Gasteiger partial charge in [-0.2, -0.15) is 0 Å². The number of halogens is 2. The van der Waals surface area contributed by atoms with Gasteiger partial charge in [0.25, 0.3) is 5.91 Å². The van der Waals surface area contributed by atoms with Gasteiger partial charge in [-0.1, -0.05) is 11.3 Å². The minimum absolute atomic E-state index is 0.228. The number of hydrogen-bond acceptors (Lipinski definition) is 5. The summed E-state index contributed by atoms with van der Waals surface area (Å²) in [5, 5.41) is 3.80. The highest BCUT2D eigenvalue weighted by Gasteiger charge is 2.20. The standard InChI is InChI=1S/C15H14F2N2O4S/c1-8-7-24-15(22)19(8)6-13(20)23-9(2)14(21)18-12-4-3-10(16)5-11(12)17/h3-5,7,9H,6H2,1-2H3,(H,18,21)/t9-/m1/s1. The van der Waals surface area contributed by atoms with E-state index < -0.39 is 29.6 Å². The summed E-state index contributed by atoms with van der Waals surface area (Å²) in [5.74, 6) is -3.27.